The molecule has 1 aliphatic rings. The lowest BCUT2D eigenvalue weighted by Crippen LogP contribution is -2.47. The van der Waals surface area contributed by atoms with E-state index in [1.165, 1.54) is 12.4 Å². The number of hydrogen-bond donors (Lipinski definition) is 0. The zero-order valence-electron chi connectivity index (χ0n) is 17.1. The number of halogens is 1. The summed E-state index contributed by atoms with van der Waals surface area (Å²) in [6.07, 6.45) is 2.15. The Morgan fingerprint density at radius 2 is 1.71 bits per heavy atom. The van der Waals surface area contributed by atoms with Crippen LogP contribution in [0, 0.1) is 15.9 Å². The molecule has 8 nitrogen and oxygen atoms in total. The Kier molecular flexibility index (Phi) is 5.92. The predicted molar refractivity (Wildman–Crippen MR) is 115 cm³/mol. The number of aromatic nitrogens is 2. The molecule has 1 fully saturated rings. The van der Waals surface area contributed by atoms with Crippen LogP contribution in [0.5, 0.6) is 11.6 Å². The summed E-state index contributed by atoms with van der Waals surface area (Å²) in [5.41, 5.74) is 1.39. The summed E-state index contributed by atoms with van der Waals surface area (Å²) in [7, 11) is 0. The van der Waals surface area contributed by atoms with E-state index in [0.29, 0.717) is 37.6 Å². The molecule has 0 unspecified atom stereocenters. The lowest BCUT2D eigenvalue weighted by molar-refractivity contribution is -0.385. The van der Waals surface area contributed by atoms with Gasteiger partial charge in [0.05, 0.1) is 10.6 Å². The molecule has 2 heterocycles. The Bertz CT molecular complexity index is 1070. The molecular formula is C22H22FN5O3. The highest BCUT2D eigenvalue weighted by atomic mass is 19.1. The number of aryl methyl sites for hydroxylation is 1. The molecule has 2 aromatic carbocycles. The number of rotatable bonds is 6. The molecule has 1 aliphatic heterocycles. The van der Waals surface area contributed by atoms with Crippen molar-refractivity contribution in [2.75, 3.05) is 36.0 Å². The van der Waals surface area contributed by atoms with Crippen LogP contribution in [-0.2, 0) is 6.42 Å². The van der Waals surface area contributed by atoms with Crippen molar-refractivity contribution < 1.29 is 14.1 Å². The molecule has 0 aliphatic carbocycles. The van der Waals surface area contributed by atoms with Crippen molar-refractivity contribution in [1.29, 1.82) is 0 Å². The van der Waals surface area contributed by atoms with Crippen molar-refractivity contribution in [1.82, 2.24) is 9.97 Å². The van der Waals surface area contributed by atoms with Crippen molar-refractivity contribution in [2.45, 2.75) is 13.3 Å². The van der Waals surface area contributed by atoms with E-state index in [1.807, 2.05) is 28.9 Å². The van der Waals surface area contributed by atoms with Crippen LogP contribution < -0.4 is 14.5 Å². The Balaban J connectivity index is 1.55. The van der Waals surface area contributed by atoms with E-state index >= 15 is 0 Å². The van der Waals surface area contributed by atoms with E-state index in [4.69, 9.17) is 4.74 Å². The second kappa shape index (κ2) is 8.95. The second-order valence-electron chi connectivity index (χ2n) is 7.13. The van der Waals surface area contributed by atoms with E-state index in [9.17, 15) is 14.5 Å². The molecule has 31 heavy (non-hydrogen) atoms. The first-order valence-electron chi connectivity index (χ1n) is 10.1. The molecule has 0 bridgehead atoms. The van der Waals surface area contributed by atoms with Crippen LogP contribution in [0.4, 0.5) is 21.6 Å². The van der Waals surface area contributed by atoms with E-state index in [0.717, 1.165) is 12.0 Å². The number of benzene rings is 2. The first-order valence-corrected chi connectivity index (χ1v) is 10.1. The minimum absolute atomic E-state index is 0.101. The second-order valence-corrected chi connectivity index (χ2v) is 7.13. The normalized spacial score (nSPS) is 13.9. The SMILES string of the molecule is CCc1ccc(Oc2ncnc(N3CCN(c4ccccc4F)CC3)c2[N+](=O)[O-])cc1. The molecule has 0 amide bonds. The van der Waals surface area contributed by atoms with Gasteiger partial charge in [-0.2, -0.15) is 4.98 Å². The van der Waals surface area contributed by atoms with Gasteiger partial charge in [0.25, 0.3) is 0 Å². The van der Waals surface area contributed by atoms with Gasteiger partial charge in [0, 0.05) is 26.2 Å². The van der Waals surface area contributed by atoms with Gasteiger partial charge in [-0.15, -0.1) is 0 Å². The lowest BCUT2D eigenvalue weighted by atomic mass is 10.2. The Labute approximate surface area is 179 Å². The van der Waals surface area contributed by atoms with Gasteiger partial charge in [0.15, 0.2) is 0 Å². The van der Waals surface area contributed by atoms with Crippen molar-refractivity contribution in [3.63, 3.8) is 0 Å². The van der Waals surface area contributed by atoms with Gasteiger partial charge < -0.3 is 14.5 Å². The smallest absolute Gasteiger partial charge is 0.373 e. The molecule has 4 rings (SSSR count). The molecule has 1 aromatic heterocycles. The van der Waals surface area contributed by atoms with Gasteiger partial charge in [-0.1, -0.05) is 31.2 Å². The summed E-state index contributed by atoms with van der Waals surface area (Å²) in [6.45, 7) is 3.98. The van der Waals surface area contributed by atoms with Crippen LogP contribution in [0.25, 0.3) is 0 Å². The van der Waals surface area contributed by atoms with Crippen LogP contribution in [0.2, 0.25) is 0 Å². The number of hydrogen-bond acceptors (Lipinski definition) is 7. The molecule has 9 heteroatoms. The first kappa shape index (κ1) is 20.5. The fourth-order valence-corrected chi connectivity index (χ4v) is 3.59. The van der Waals surface area contributed by atoms with Gasteiger partial charge in [-0.3, -0.25) is 10.1 Å². The van der Waals surface area contributed by atoms with Crippen LogP contribution in [-0.4, -0.2) is 41.1 Å². The molecule has 0 radical (unpaired) electrons. The van der Waals surface area contributed by atoms with Crippen LogP contribution >= 0.6 is 0 Å². The Morgan fingerprint density at radius 3 is 2.35 bits per heavy atom. The average molecular weight is 423 g/mol. The quantitative estimate of drug-likeness (QED) is 0.434. The van der Waals surface area contributed by atoms with Gasteiger partial charge in [-0.05, 0) is 36.2 Å². The third-order valence-corrected chi connectivity index (χ3v) is 5.27. The highest BCUT2D eigenvalue weighted by Gasteiger charge is 2.31. The molecular weight excluding hydrogens is 401 g/mol. The minimum Gasteiger partial charge on any atom is -0.434 e. The maximum atomic E-state index is 14.1. The Hall–Kier alpha value is -3.75. The number of nitrogens with zero attached hydrogens (tertiary/aromatic N) is 5. The topological polar surface area (TPSA) is 84.6 Å². The predicted octanol–water partition coefficient (Wildman–Crippen LogP) is 4.21. The molecule has 3 aromatic rings. The van der Waals surface area contributed by atoms with Crippen LogP contribution in [0.1, 0.15) is 12.5 Å². The number of ether oxygens (including phenoxy) is 1. The molecule has 0 spiro atoms. The maximum absolute atomic E-state index is 14.1. The average Bonchev–Trinajstić information content (AvgIpc) is 2.80. The fraction of sp³-hybridized carbons (Fsp3) is 0.273. The number of piperazine rings is 1. The van der Waals surface area contributed by atoms with Gasteiger partial charge in [-0.25, -0.2) is 9.37 Å². The number of anilines is 2. The third-order valence-electron chi connectivity index (χ3n) is 5.27. The monoisotopic (exact) mass is 423 g/mol. The van der Waals surface area contributed by atoms with Crippen molar-refractivity contribution in [3.8, 4) is 11.6 Å². The Morgan fingerprint density at radius 1 is 1.03 bits per heavy atom. The fourth-order valence-electron chi connectivity index (χ4n) is 3.59. The van der Waals surface area contributed by atoms with E-state index in [1.54, 1.807) is 30.3 Å². The van der Waals surface area contributed by atoms with E-state index in [-0.39, 0.29) is 23.2 Å². The lowest BCUT2D eigenvalue weighted by Gasteiger charge is -2.36. The van der Waals surface area contributed by atoms with Gasteiger partial charge >= 0.3 is 11.6 Å². The summed E-state index contributed by atoms with van der Waals surface area (Å²) in [5.74, 6) is 0.284. The largest absolute Gasteiger partial charge is 0.434 e. The summed E-state index contributed by atoms with van der Waals surface area (Å²) in [6, 6.07) is 13.9. The molecule has 160 valence electrons. The molecule has 0 N–H and O–H groups in total. The summed E-state index contributed by atoms with van der Waals surface area (Å²) < 4.78 is 19.8. The summed E-state index contributed by atoms with van der Waals surface area (Å²) in [4.78, 5) is 23.3. The van der Waals surface area contributed by atoms with Crippen molar-refractivity contribution in [3.05, 3.63) is 76.4 Å². The van der Waals surface area contributed by atoms with E-state index < -0.39 is 4.92 Å². The highest BCUT2D eigenvalue weighted by Crippen LogP contribution is 2.36. The van der Waals surface area contributed by atoms with Crippen molar-refractivity contribution >= 4 is 17.2 Å². The zero-order valence-corrected chi connectivity index (χ0v) is 17.1. The van der Waals surface area contributed by atoms with Gasteiger partial charge in [0.1, 0.15) is 17.9 Å². The first-order chi connectivity index (χ1) is 15.1. The standard InChI is InChI=1S/C22H22FN5O3/c1-2-16-7-9-17(10-8-16)31-22-20(28(29)30)21(24-15-25-22)27-13-11-26(12-14-27)19-6-4-3-5-18(19)23/h3-10,15H,2,11-14H2,1H3. The summed E-state index contributed by atoms with van der Waals surface area (Å²) >= 11 is 0. The number of para-hydroxylation sites is 1. The van der Waals surface area contributed by atoms with E-state index in [2.05, 4.69) is 9.97 Å². The molecule has 0 atom stereocenters. The maximum Gasteiger partial charge on any atom is 0.373 e. The van der Waals surface area contributed by atoms with Crippen LogP contribution in [0.3, 0.4) is 0 Å². The summed E-state index contributed by atoms with van der Waals surface area (Å²) in [5, 5.41) is 11.9. The minimum atomic E-state index is -0.520. The molecule has 1 saturated heterocycles. The van der Waals surface area contributed by atoms with Gasteiger partial charge in [0.2, 0.25) is 5.82 Å². The zero-order chi connectivity index (χ0) is 21.8. The highest BCUT2D eigenvalue weighted by molar-refractivity contribution is 5.64. The van der Waals surface area contributed by atoms with Crippen LogP contribution in [0.15, 0.2) is 54.9 Å². The van der Waals surface area contributed by atoms with Crippen molar-refractivity contribution in [2.24, 2.45) is 0 Å². The third kappa shape index (κ3) is 4.40. The number of nitro groups is 1. The molecule has 0 saturated carbocycles.